The smallest absolute Gasteiger partial charge is 0.265 e. The molecule has 0 saturated carbocycles. The average Bonchev–Trinajstić information content (AvgIpc) is 2.94. The van der Waals surface area contributed by atoms with Crippen LogP contribution in [0.3, 0.4) is 0 Å². The largest absolute Gasteiger partial charge is 0.488 e. The molecule has 27 heavy (non-hydrogen) atoms. The number of nitrogens with zero attached hydrogens (tertiary/aromatic N) is 1. The maximum atomic E-state index is 12.2. The van der Waals surface area contributed by atoms with Gasteiger partial charge in [-0.15, -0.1) is 0 Å². The Kier molecular flexibility index (Phi) is 4.97. The number of benzene rings is 3. The molecule has 1 amide bonds. The van der Waals surface area contributed by atoms with Gasteiger partial charge in [-0.25, -0.2) is 0 Å². The van der Waals surface area contributed by atoms with Crippen LogP contribution in [0.4, 0.5) is 0 Å². The summed E-state index contributed by atoms with van der Waals surface area (Å²) in [5, 5.41) is 2.40. The predicted molar refractivity (Wildman–Crippen MR) is 116 cm³/mol. The fraction of sp³-hybridized carbons (Fsp3) is 0.0909. The van der Waals surface area contributed by atoms with Crippen molar-refractivity contribution in [2.24, 2.45) is 0 Å². The van der Waals surface area contributed by atoms with Crippen molar-refractivity contribution in [2.75, 3.05) is 7.05 Å². The van der Waals surface area contributed by atoms with Gasteiger partial charge in [0.15, 0.2) is 0 Å². The molecule has 1 fully saturated rings. The Morgan fingerprint density at radius 1 is 1.04 bits per heavy atom. The second-order valence-electron chi connectivity index (χ2n) is 6.25. The molecule has 0 radical (unpaired) electrons. The Bertz CT molecular complexity index is 1070. The second kappa shape index (κ2) is 7.55. The van der Waals surface area contributed by atoms with E-state index in [1.54, 1.807) is 7.05 Å². The van der Waals surface area contributed by atoms with E-state index in [0.717, 1.165) is 16.9 Å². The van der Waals surface area contributed by atoms with Gasteiger partial charge in [0, 0.05) is 12.6 Å². The highest BCUT2D eigenvalue weighted by molar-refractivity contribution is 8.26. The van der Waals surface area contributed by atoms with Crippen molar-refractivity contribution < 1.29 is 9.53 Å². The van der Waals surface area contributed by atoms with Crippen molar-refractivity contribution in [2.45, 2.75) is 6.61 Å². The molecule has 1 aliphatic heterocycles. The van der Waals surface area contributed by atoms with E-state index in [1.165, 1.54) is 27.4 Å². The minimum atomic E-state index is -0.0747. The molecule has 4 rings (SSSR count). The number of carbonyl (C=O) groups is 1. The van der Waals surface area contributed by atoms with Gasteiger partial charge in [0.25, 0.3) is 5.91 Å². The van der Waals surface area contributed by atoms with Crippen LogP contribution >= 0.6 is 24.0 Å². The number of thiocarbonyl (C=S) groups is 1. The van der Waals surface area contributed by atoms with Gasteiger partial charge in [0.05, 0.1) is 4.91 Å². The zero-order valence-corrected chi connectivity index (χ0v) is 16.3. The van der Waals surface area contributed by atoms with Crippen molar-refractivity contribution in [1.29, 1.82) is 0 Å². The number of hydrogen-bond acceptors (Lipinski definition) is 4. The summed E-state index contributed by atoms with van der Waals surface area (Å²) in [5.41, 5.74) is 1.97. The molecule has 1 saturated heterocycles. The Balaban J connectivity index is 1.56. The van der Waals surface area contributed by atoms with E-state index in [4.69, 9.17) is 17.0 Å². The first-order valence-electron chi connectivity index (χ1n) is 8.53. The third-order valence-corrected chi connectivity index (χ3v) is 5.89. The summed E-state index contributed by atoms with van der Waals surface area (Å²) in [6, 6.07) is 22.3. The van der Waals surface area contributed by atoms with Crippen molar-refractivity contribution in [3.05, 3.63) is 82.8 Å². The lowest BCUT2D eigenvalue weighted by atomic mass is 10.1. The summed E-state index contributed by atoms with van der Waals surface area (Å²) in [6.45, 7) is 0.463. The number of amides is 1. The maximum Gasteiger partial charge on any atom is 0.265 e. The molecule has 5 heteroatoms. The number of fused-ring (bicyclic) bond motifs is 1. The standard InChI is InChI=1S/C22H17NO2S2/c1-23-21(24)20(27-22(23)26)13-18-8-4-5-9-19(18)25-14-15-10-11-16-6-2-3-7-17(16)12-15/h2-13H,14H2,1H3/b20-13+. The first-order valence-corrected chi connectivity index (χ1v) is 9.75. The summed E-state index contributed by atoms with van der Waals surface area (Å²) in [6.07, 6.45) is 1.85. The minimum Gasteiger partial charge on any atom is -0.488 e. The number of thioether (sulfide) groups is 1. The van der Waals surface area contributed by atoms with Crippen LogP contribution in [0.25, 0.3) is 16.8 Å². The lowest BCUT2D eigenvalue weighted by Gasteiger charge is -2.10. The van der Waals surface area contributed by atoms with Gasteiger partial charge in [-0.2, -0.15) is 0 Å². The lowest BCUT2D eigenvalue weighted by Crippen LogP contribution is -2.22. The minimum absolute atomic E-state index is 0.0747. The number of carbonyl (C=O) groups excluding carboxylic acids is 1. The van der Waals surface area contributed by atoms with Crippen LogP contribution in [0, 0.1) is 0 Å². The molecule has 0 atom stereocenters. The fourth-order valence-electron chi connectivity index (χ4n) is 2.91. The van der Waals surface area contributed by atoms with E-state index in [2.05, 4.69) is 30.3 Å². The molecule has 3 nitrogen and oxygen atoms in total. The number of hydrogen-bond donors (Lipinski definition) is 0. The summed E-state index contributed by atoms with van der Waals surface area (Å²) in [7, 11) is 1.70. The van der Waals surface area contributed by atoms with E-state index in [0.29, 0.717) is 15.8 Å². The van der Waals surface area contributed by atoms with Crippen molar-refractivity contribution in [3.8, 4) is 5.75 Å². The summed E-state index contributed by atoms with van der Waals surface area (Å²) in [5.74, 6) is 0.668. The highest BCUT2D eigenvalue weighted by Gasteiger charge is 2.28. The average molecular weight is 392 g/mol. The summed E-state index contributed by atoms with van der Waals surface area (Å²) < 4.78 is 6.63. The van der Waals surface area contributed by atoms with Crippen LogP contribution in [0.5, 0.6) is 5.75 Å². The lowest BCUT2D eigenvalue weighted by molar-refractivity contribution is -0.121. The molecule has 0 bridgehead atoms. The molecule has 0 spiro atoms. The number of ether oxygens (including phenoxy) is 1. The van der Waals surface area contributed by atoms with Gasteiger partial charge >= 0.3 is 0 Å². The van der Waals surface area contributed by atoms with Crippen LogP contribution in [0.15, 0.2) is 71.6 Å². The Labute approximate surface area is 167 Å². The van der Waals surface area contributed by atoms with Gasteiger partial charge in [0.1, 0.15) is 16.7 Å². The third-order valence-electron chi connectivity index (χ3n) is 4.40. The van der Waals surface area contributed by atoms with Crippen LogP contribution in [-0.2, 0) is 11.4 Å². The normalized spacial score (nSPS) is 15.7. The molecule has 3 aromatic rings. The van der Waals surface area contributed by atoms with E-state index in [9.17, 15) is 4.79 Å². The van der Waals surface area contributed by atoms with Gasteiger partial charge < -0.3 is 4.74 Å². The second-order valence-corrected chi connectivity index (χ2v) is 7.92. The Morgan fingerprint density at radius 3 is 2.56 bits per heavy atom. The maximum absolute atomic E-state index is 12.2. The molecule has 1 heterocycles. The molecule has 134 valence electrons. The summed E-state index contributed by atoms with van der Waals surface area (Å²) in [4.78, 5) is 14.3. The zero-order chi connectivity index (χ0) is 18.8. The Hall–Kier alpha value is -2.63. The van der Waals surface area contributed by atoms with Crippen LogP contribution in [0.2, 0.25) is 0 Å². The van der Waals surface area contributed by atoms with Gasteiger partial charge in [-0.1, -0.05) is 78.6 Å². The van der Waals surface area contributed by atoms with E-state index in [-0.39, 0.29) is 5.91 Å². The van der Waals surface area contributed by atoms with E-state index in [1.807, 2.05) is 42.5 Å². The first kappa shape index (κ1) is 17.8. The van der Waals surface area contributed by atoms with E-state index >= 15 is 0 Å². The van der Waals surface area contributed by atoms with Crippen LogP contribution in [-0.4, -0.2) is 22.2 Å². The SMILES string of the molecule is CN1C(=O)/C(=C\c2ccccc2OCc2ccc3ccccc3c2)SC1=S. The van der Waals surface area contributed by atoms with Crippen LogP contribution < -0.4 is 4.74 Å². The summed E-state index contributed by atoms with van der Waals surface area (Å²) >= 11 is 6.51. The molecule has 1 aliphatic rings. The topological polar surface area (TPSA) is 29.5 Å². The highest BCUT2D eigenvalue weighted by atomic mass is 32.2. The molecule has 0 N–H and O–H groups in total. The molecule has 0 aliphatic carbocycles. The zero-order valence-electron chi connectivity index (χ0n) is 14.7. The molecule has 0 unspecified atom stereocenters. The van der Waals surface area contributed by atoms with Crippen molar-refractivity contribution in [3.63, 3.8) is 0 Å². The number of likely N-dealkylation sites (N-methyl/N-ethyl adjacent to an activating group) is 1. The molecule has 0 aromatic heterocycles. The first-order chi connectivity index (χ1) is 13.1. The monoisotopic (exact) mass is 391 g/mol. The van der Waals surface area contributed by atoms with Crippen LogP contribution in [0.1, 0.15) is 11.1 Å². The Morgan fingerprint density at radius 2 is 1.78 bits per heavy atom. The molecular weight excluding hydrogens is 374 g/mol. The number of para-hydroxylation sites is 1. The highest BCUT2D eigenvalue weighted by Crippen LogP contribution is 2.33. The molecular formula is C22H17NO2S2. The van der Waals surface area contributed by atoms with Gasteiger partial charge in [0.2, 0.25) is 0 Å². The van der Waals surface area contributed by atoms with E-state index < -0.39 is 0 Å². The van der Waals surface area contributed by atoms with Gasteiger partial charge in [-0.3, -0.25) is 9.69 Å². The number of rotatable bonds is 4. The van der Waals surface area contributed by atoms with Gasteiger partial charge in [-0.05, 0) is 34.5 Å². The fourth-order valence-corrected chi connectivity index (χ4v) is 4.08. The van der Waals surface area contributed by atoms with Crippen molar-refractivity contribution >= 4 is 51.1 Å². The quantitative estimate of drug-likeness (QED) is 0.449. The van der Waals surface area contributed by atoms with Crippen molar-refractivity contribution in [1.82, 2.24) is 4.90 Å². The molecule has 3 aromatic carbocycles. The third kappa shape index (κ3) is 3.75. The predicted octanol–water partition coefficient (Wildman–Crippen LogP) is 5.25.